The van der Waals surface area contributed by atoms with Gasteiger partial charge in [0.05, 0.1) is 29.7 Å². The summed E-state index contributed by atoms with van der Waals surface area (Å²) in [5.74, 6) is -0.0437. The van der Waals surface area contributed by atoms with E-state index in [1.165, 1.54) is 31.4 Å². The third-order valence-corrected chi connectivity index (χ3v) is 7.86. The number of aromatic nitrogens is 6. The number of hydrogen-bond acceptors (Lipinski definition) is 6. The van der Waals surface area contributed by atoms with Crippen LogP contribution in [-0.2, 0) is 10.3 Å². The first-order valence-electron chi connectivity index (χ1n) is 12.2. The Morgan fingerprint density at radius 1 is 1.03 bits per heavy atom. The van der Waals surface area contributed by atoms with Gasteiger partial charge in [0.25, 0.3) is 0 Å². The van der Waals surface area contributed by atoms with Crippen molar-refractivity contribution in [2.45, 2.75) is 51.2 Å². The molecule has 8 rings (SSSR count). The van der Waals surface area contributed by atoms with Crippen molar-refractivity contribution in [1.29, 1.82) is 0 Å². The van der Waals surface area contributed by atoms with E-state index in [1.54, 1.807) is 0 Å². The molecule has 0 N–H and O–H groups in total. The summed E-state index contributed by atoms with van der Waals surface area (Å²) in [7, 11) is 0. The molecule has 1 aliphatic heterocycles. The van der Waals surface area contributed by atoms with Crippen molar-refractivity contribution in [3.8, 4) is 11.3 Å². The third kappa shape index (κ3) is 3.29. The molecule has 3 fully saturated rings. The second-order valence-corrected chi connectivity index (χ2v) is 10.2. The molecule has 182 valence electrons. The van der Waals surface area contributed by atoms with Crippen molar-refractivity contribution >= 4 is 16.7 Å². The minimum atomic E-state index is -0.708. The quantitative estimate of drug-likeness (QED) is 0.393. The Morgan fingerprint density at radius 2 is 1.83 bits per heavy atom. The molecule has 3 aliphatic carbocycles. The predicted octanol–water partition coefficient (Wildman–Crippen LogP) is 5.23. The molecule has 7 nitrogen and oxygen atoms in total. The standard InChI is InChI=1S/C27H24F2N6O/c1-14-15(2)32-26-24(31-14)23(20-4-3-19(28)8-21(20)29)33-25(34-26)17-5-6-36-22(7-17)18-12-30-35(13-18)27-9-16(10-27)11-27/h3-4,7-8,12-13,16,22H,5-6,9-11H2,1-2H3/t16?,22-,27?/m1/s1. The smallest absolute Gasteiger partial charge is 0.182 e. The molecule has 3 aromatic heterocycles. The number of rotatable bonds is 4. The highest BCUT2D eigenvalue weighted by molar-refractivity contribution is 5.88. The molecule has 4 aliphatic rings. The molecule has 9 heteroatoms. The van der Waals surface area contributed by atoms with Crippen LogP contribution < -0.4 is 0 Å². The van der Waals surface area contributed by atoms with Gasteiger partial charge in [0.15, 0.2) is 11.5 Å². The maximum Gasteiger partial charge on any atom is 0.182 e. The van der Waals surface area contributed by atoms with Crippen LogP contribution in [0.15, 0.2) is 36.7 Å². The average molecular weight is 487 g/mol. The Hall–Kier alpha value is -3.59. The first-order valence-corrected chi connectivity index (χ1v) is 12.2. The SMILES string of the molecule is Cc1nc2nc(C3=C[C@H](c4cnn(C56CC(C5)C6)c4)OCC3)nc(-c3ccc(F)cc3F)c2nc1C. The molecule has 4 heterocycles. The highest BCUT2D eigenvalue weighted by Gasteiger charge is 2.58. The molecule has 1 aromatic carbocycles. The highest BCUT2D eigenvalue weighted by Crippen LogP contribution is 2.62. The summed E-state index contributed by atoms with van der Waals surface area (Å²) in [6, 6.07) is 3.45. The molecular formula is C27H24F2N6O. The number of fused-ring (bicyclic) bond motifs is 1. The van der Waals surface area contributed by atoms with Crippen molar-refractivity contribution < 1.29 is 13.5 Å². The second-order valence-electron chi connectivity index (χ2n) is 10.2. The van der Waals surface area contributed by atoms with Gasteiger partial charge in [-0.3, -0.25) is 4.68 Å². The molecule has 0 radical (unpaired) electrons. The molecule has 1 atom stereocenters. The first kappa shape index (κ1) is 21.7. The summed E-state index contributed by atoms with van der Waals surface area (Å²) >= 11 is 0. The molecule has 4 aromatic rings. The normalized spacial score (nSPS) is 24.8. The summed E-state index contributed by atoms with van der Waals surface area (Å²) in [4.78, 5) is 18.7. The van der Waals surface area contributed by atoms with E-state index in [0.717, 1.165) is 28.8 Å². The molecular weight excluding hydrogens is 462 g/mol. The molecule has 3 saturated carbocycles. The van der Waals surface area contributed by atoms with Gasteiger partial charge < -0.3 is 4.74 Å². The van der Waals surface area contributed by atoms with Crippen LogP contribution in [0.4, 0.5) is 8.78 Å². The monoisotopic (exact) mass is 486 g/mol. The number of nitrogens with zero attached hydrogens (tertiary/aromatic N) is 6. The Kier molecular flexibility index (Phi) is 4.64. The van der Waals surface area contributed by atoms with E-state index in [-0.39, 0.29) is 17.2 Å². The van der Waals surface area contributed by atoms with E-state index < -0.39 is 11.6 Å². The van der Waals surface area contributed by atoms with Gasteiger partial charge in [-0.05, 0) is 69.2 Å². The van der Waals surface area contributed by atoms with Crippen LogP contribution in [0.3, 0.4) is 0 Å². The van der Waals surface area contributed by atoms with Gasteiger partial charge in [-0.2, -0.15) is 5.10 Å². The fraction of sp³-hybridized carbons (Fsp3) is 0.370. The fourth-order valence-corrected chi connectivity index (χ4v) is 5.57. The number of hydrogen-bond donors (Lipinski definition) is 0. The van der Waals surface area contributed by atoms with Gasteiger partial charge in [0.2, 0.25) is 0 Å². The van der Waals surface area contributed by atoms with Crippen LogP contribution >= 0.6 is 0 Å². The molecule has 0 unspecified atom stereocenters. The van der Waals surface area contributed by atoms with Crippen molar-refractivity contribution in [3.63, 3.8) is 0 Å². The molecule has 2 bridgehead atoms. The minimum absolute atomic E-state index is 0.159. The highest BCUT2D eigenvalue weighted by atomic mass is 19.1. The van der Waals surface area contributed by atoms with Crippen LogP contribution in [-0.4, -0.2) is 36.3 Å². The van der Waals surface area contributed by atoms with Crippen molar-refractivity contribution in [3.05, 3.63) is 71.1 Å². The minimum Gasteiger partial charge on any atom is -0.369 e. The van der Waals surface area contributed by atoms with Crippen molar-refractivity contribution in [2.24, 2.45) is 5.92 Å². The summed E-state index contributed by atoms with van der Waals surface area (Å²) in [6.45, 7) is 4.18. The Labute approximate surface area is 206 Å². The fourth-order valence-electron chi connectivity index (χ4n) is 5.57. The summed E-state index contributed by atoms with van der Waals surface area (Å²) < 4.78 is 36.7. The Bertz CT molecular complexity index is 1560. The molecule has 0 amide bonds. The number of benzene rings is 1. The van der Waals surface area contributed by atoms with Gasteiger partial charge >= 0.3 is 0 Å². The number of aryl methyl sites for hydroxylation is 2. The third-order valence-electron chi connectivity index (χ3n) is 7.86. The van der Waals surface area contributed by atoms with Crippen LogP contribution in [0, 0.1) is 31.4 Å². The van der Waals surface area contributed by atoms with Crippen LogP contribution in [0.2, 0.25) is 0 Å². The number of halogens is 2. The zero-order valence-corrected chi connectivity index (χ0v) is 20.0. The second kappa shape index (κ2) is 7.70. The van der Waals surface area contributed by atoms with E-state index in [1.807, 2.05) is 26.1 Å². The molecule has 0 spiro atoms. The first-order chi connectivity index (χ1) is 17.4. The van der Waals surface area contributed by atoms with Gasteiger partial charge in [0.1, 0.15) is 28.9 Å². The summed E-state index contributed by atoms with van der Waals surface area (Å²) in [5.41, 5.74) is 4.75. The van der Waals surface area contributed by atoms with E-state index in [0.29, 0.717) is 41.4 Å². The lowest BCUT2D eigenvalue weighted by molar-refractivity contribution is -0.0979. The van der Waals surface area contributed by atoms with Crippen LogP contribution in [0.1, 0.15) is 54.6 Å². The topological polar surface area (TPSA) is 78.6 Å². The molecule has 36 heavy (non-hydrogen) atoms. The Morgan fingerprint density at radius 3 is 2.58 bits per heavy atom. The predicted molar refractivity (Wildman–Crippen MR) is 129 cm³/mol. The van der Waals surface area contributed by atoms with Gasteiger partial charge in [-0.25, -0.2) is 28.7 Å². The maximum atomic E-state index is 14.8. The summed E-state index contributed by atoms with van der Waals surface area (Å²) in [6.07, 6.45) is 9.96. The lowest BCUT2D eigenvalue weighted by Gasteiger charge is -2.61. The van der Waals surface area contributed by atoms with E-state index in [4.69, 9.17) is 14.7 Å². The lowest BCUT2D eigenvalue weighted by Crippen LogP contribution is -2.59. The zero-order chi connectivity index (χ0) is 24.6. The zero-order valence-electron chi connectivity index (χ0n) is 20.0. The summed E-state index contributed by atoms with van der Waals surface area (Å²) in [5, 5.41) is 4.64. The van der Waals surface area contributed by atoms with Crippen molar-refractivity contribution in [2.75, 3.05) is 6.61 Å². The molecule has 0 saturated heterocycles. The van der Waals surface area contributed by atoms with Gasteiger partial charge in [-0.1, -0.05) is 0 Å². The average Bonchev–Trinajstić information content (AvgIpc) is 3.27. The van der Waals surface area contributed by atoms with Crippen LogP contribution in [0.5, 0.6) is 0 Å². The largest absolute Gasteiger partial charge is 0.369 e. The van der Waals surface area contributed by atoms with E-state index in [2.05, 4.69) is 25.9 Å². The van der Waals surface area contributed by atoms with Gasteiger partial charge in [-0.15, -0.1) is 0 Å². The van der Waals surface area contributed by atoms with Crippen LogP contribution in [0.25, 0.3) is 28.0 Å². The van der Waals surface area contributed by atoms with E-state index >= 15 is 0 Å². The Balaban J connectivity index is 1.32. The van der Waals surface area contributed by atoms with E-state index in [9.17, 15) is 8.78 Å². The number of ether oxygens (including phenoxy) is 1. The lowest BCUT2D eigenvalue weighted by atomic mass is 9.50. The van der Waals surface area contributed by atoms with Gasteiger partial charge in [0, 0.05) is 23.4 Å². The van der Waals surface area contributed by atoms with Crippen molar-refractivity contribution in [1.82, 2.24) is 29.7 Å². The maximum absolute atomic E-state index is 14.8.